The Morgan fingerprint density at radius 3 is 2.86 bits per heavy atom. The van der Waals surface area contributed by atoms with Gasteiger partial charge >= 0.3 is 0 Å². The van der Waals surface area contributed by atoms with Crippen molar-refractivity contribution in [2.45, 2.75) is 44.7 Å². The molecule has 0 spiro atoms. The highest BCUT2D eigenvalue weighted by Crippen LogP contribution is 2.28. The molecule has 29 heavy (non-hydrogen) atoms. The minimum absolute atomic E-state index is 0.0428. The first-order valence-corrected chi connectivity index (χ1v) is 9.83. The van der Waals surface area contributed by atoms with Gasteiger partial charge in [0, 0.05) is 54.1 Å². The van der Waals surface area contributed by atoms with Gasteiger partial charge in [0.2, 0.25) is 11.9 Å². The minimum Gasteiger partial charge on any atom is -0.354 e. The third-order valence-corrected chi connectivity index (χ3v) is 5.50. The van der Waals surface area contributed by atoms with Gasteiger partial charge in [-0.15, -0.1) is 10.2 Å². The van der Waals surface area contributed by atoms with Gasteiger partial charge in [0.25, 0.3) is 0 Å². The van der Waals surface area contributed by atoms with E-state index in [9.17, 15) is 4.79 Å². The number of amides is 1. The van der Waals surface area contributed by atoms with Crippen LogP contribution in [0.2, 0.25) is 0 Å². The summed E-state index contributed by atoms with van der Waals surface area (Å²) in [5.74, 6) is 0.671. The lowest BCUT2D eigenvalue weighted by atomic mass is 9.91. The number of carbonyl (C=O) groups is 1. The Labute approximate surface area is 167 Å². The highest BCUT2D eigenvalue weighted by molar-refractivity contribution is 5.93. The number of aromatic nitrogens is 6. The van der Waals surface area contributed by atoms with E-state index in [-0.39, 0.29) is 11.9 Å². The topological polar surface area (TPSA) is 113 Å². The molecular formula is C20H22N8O. The van der Waals surface area contributed by atoms with Crippen LogP contribution in [0.1, 0.15) is 32.6 Å². The molecule has 5 rings (SSSR count). The molecule has 1 fully saturated rings. The van der Waals surface area contributed by atoms with Crippen LogP contribution in [0.15, 0.2) is 37.1 Å². The van der Waals surface area contributed by atoms with Crippen LogP contribution in [-0.2, 0) is 4.79 Å². The quantitative estimate of drug-likeness (QED) is 0.494. The molecule has 4 aromatic heterocycles. The van der Waals surface area contributed by atoms with Crippen molar-refractivity contribution in [3.63, 3.8) is 0 Å². The molecule has 0 bridgehead atoms. The lowest BCUT2D eigenvalue weighted by molar-refractivity contribution is -0.119. The van der Waals surface area contributed by atoms with Gasteiger partial charge in [-0.05, 0) is 37.8 Å². The predicted molar refractivity (Wildman–Crippen MR) is 109 cm³/mol. The molecule has 1 aliphatic carbocycles. The van der Waals surface area contributed by atoms with Crippen LogP contribution in [0.25, 0.3) is 27.8 Å². The van der Waals surface area contributed by atoms with Gasteiger partial charge in [-0.1, -0.05) is 0 Å². The molecule has 1 amide bonds. The molecule has 0 radical (unpaired) electrons. The highest BCUT2D eigenvalue weighted by atomic mass is 16.1. The van der Waals surface area contributed by atoms with Crippen LogP contribution in [-0.4, -0.2) is 47.5 Å². The number of aromatic amines is 1. The van der Waals surface area contributed by atoms with E-state index in [1.54, 1.807) is 13.3 Å². The predicted octanol–water partition coefficient (Wildman–Crippen LogP) is 2.53. The molecule has 3 N–H and O–H groups in total. The second-order valence-corrected chi connectivity index (χ2v) is 7.57. The minimum atomic E-state index is 0.0428. The summed E-state index contributed by atoms with van der Waals surface area (Å²) in [6.07, 6.45) is 11.4. The van der Waals surface area contributed by atoms with E-state index in [4.69, 9.17) is 0 Å². The Kier molecular flexibility index (Phi) is 4.34. The molecule has 9 nitrogen and oxygen atoms in total. The van der Waals surface area contributed by atoms with E-state index in [1.165, 1.54) is 0 Å². The molecule has 4 heterocycles. The van der Waals surface area contributed by atoms with E-state index in [1.807, 2.05) is 35.1 Å². The number of carbonyl (C=O) groups excluding carboxylic acids is 1. The Hall–Kier alpha value is -3.49. The average molecular weight is 390 g/mol. The lowest BCUT2D eigenvalue weighted by Crippen LogP contribution is -2.39. The molecule has 1 aliphatic rings. The number of nitrogens with one attached hydrogen (secondary N) is 3. The Balaban J connectivity index is 1.32. The summed E-state index contributed by atoms with van der Waals surface area (Å²) in [5.41, 5.74) is 3.69. The van der Waals surface area contributed by atoms with Crippen molar-refractivity contribution >= 4 is 28.5 Å². The maximum atomic E-state index is 11.2. The summed E-state index contributed by atoms with van der Waals surface area (Å²) in [6.45, 7) is 1.57. The van der Waals surface area contributed by atoms with Gasteiger partial charge < -0.3 is 15.6 Å². The molecule has 4 aromatic rings. The number of hydrogen-bond acceptors (Lipinski definition) is 6. The monoisotopic (exact) mass is 390 g/mol. The van der Waals surface area contributed by atoms with Gasteiger partial charge in [0.15, 0.2) is 5.65 Å². The van der Waals surface area contributed by atoms with Gasteiger partial charge in [0.05, 0.1) is 0 Å². The number of anilines is 1. The second kappa shape index (κ2) is 7.16. The molecule has 0 atom stereocenters. The Morgan fingerprint density at radius 1 is 1.21 bits per heavy atom. The number of nitrogens with zero attached hydrogens (tertiary/aromatic N) is 5. The maximum absolute atomic E-state index is 11.2. The van der Waals surface area contributed by atoms with Gasteiger partial charge in [-0.25, -0.2) is 4.98 Å². The molecular weight excluding hydrogens is 368 g/mol. The van der Waals surface area contributed by atoms with Crippen molar-refractivity contribution in [2.24, 2.45) is 0 Å². The average Bonchev–Trinajstić information content (AvgIpc) is 3.35. The van der Waals surface area contributed by atoms with Crippen molar-refractivity contribution in [2.75, 3.05) is 5.32 Å². The van der Waals surface area contributed by atoms with Gasteiger partial charge in [0.1, 0.15) is 12.0 Å². The maximum Gasteiger partial charge on any atom is 0.224 e. The van der Waals surface area contributed by atoms with Crippen LogP contribution >= 0.6 is 0 Å². The van der Waals surface area contributed by atoms with Crippen LogP contribution in [0, 0.1) is 0 Å². The zero-order valence-electron chi connectivity index (χ0n) is 16.1. The third kappa shape index (κ3) is 3.51. The van der Waals surface area contributed by atoms with Crippen molar-refractivity contribution in [1.82, 2.24) is 34.9 Å². The summed E-state index contributed by atoms with van der Waals surface area (Å²) in [5, 5.41) is 15.4. The van der Waals surface area contributed by atoms with Gasteiger partial charge in [-0.3, -0.25) is 9.20 Å². The largest absolute Gasteiger partial charge is 0.354 e. The zero-order chi connectivity index (χ0) is 19.8. The first-order chi connectivity index (χ1) is 14.2. The number of H-pyrrole nitrogens is 1. The standard InChI is InChI=1S/C20H22N8O/c1-12(29)24-14-3-5-15(6-4-14)25-20-22-9-17-16(8-21-19(17)26-20)13-2-7-18-27-23-11-28(18)10-13/h2,7-11,14-15H,3-6H2,1H3,(H,24,29)(H2,21,22,25,26)/t14-,15-. The Bertz CT molecular complexity index is 1170. The fourth-order valence-corrected chi connectivity index (χ4v) is 4.05. The molecule has 0 saturated heterocycles. The summed E-state index contributed by atoms with van der Waals surface area (Å²) >= 11 is 0. The van der Waals surface area contributed by atoms with E-state index in [2.05, 4.69) is 35.8 Å². The normalized spacial score (nSPS) is 19.5. The van der Waals surface area contributed by atoms with Crippen LogP contribution < -0.4 is 10.6 Å². The molecule has 0 aliphatic heterocycles. The summed E-state index contributed by atoms with van der Waals surface area (Å²) in [4.78, 5) is 23.7. The fourth-order valence-electron chi connectivity index (χ4n) is 4.05. The van der Waals surface area contributed by atoms with Crippen molar-refractivity contribution in [3.8, 4) is 11.1 Å². The number of rotatable bonds is 4. The van der Waals surface area contributed by atoms with Crippen LogP contribution in [0.3, 0.4) is 0 Å². The SMILES string of the molecule is CC(=O)N[C@H]1CC[C@H](Nc2ncc3c(-c4ccc5nncn5c4)c[nH]c3n2)CC1. The Morgan fingerprint density at radius 2 is 2.03 bits per heavy atom. The fraction of sp³-hybridized carbons (Fsp3) is 0.350. The van der Waals surface area contributed by atoms with Crippen LogP contribution in [0.5, 0.6) is 0 Å². The number of hydrogen-bond donors (Lipinski definition) is 3. The highest BCUT2D eigenvalue weighted by Gasteiger charge is 2.22. The van der Waals surface area contributed by atoms with E-state index in [0.29, 0.717) is 12.0 Å². The van der Waals surface area contributed by atoms with Gasteiger partial charge in [-0.2, -0.15) is 4.98 Å². The molecule has 0 unspecified atom stereocenters. The van der Waals surface area contributed by atoms with E-state index < -0.39 is 0 Å². The van der Waals surface area contributed by atoms with E-state index in [0.717, 1.165) is 53.5 Å². The molecule has 9 heteroatoms. The smallest absolute Gasteiger partial charge is 0.224 e. The second-order valence-electron chi connectivity index (χ2n) is 7.57. The van der Waals surface area contributed by atoms with Crippen molar-refractivity contribution in [3.05, 3.63) is 37.1 Å². The van der Waals surface area contributed by atoms with Crippen molar-refractivity contribution < 1.29 is 4.79 Å². The van der Waals surface area contributed by atoms with Crippen LogP contribution in [0.4, 0.5) is 5.95 Å². The first-order valence-electron chi connectivity index (χ1n) is 9.83. The lowest BCUT2D eigenvalue weighted by Gasteiger charge is -2.29. The molecule has 0 aromatic carbocycles. The number of pyridine rings is 1. The first kappa shape index (κ1) is 17.6. The molecule has 1 saturated carbocycles. The summed E-state index contributed by atoms with van der Waals surface area (Å²) in [7, 11) is 0. The van der Waals surface area contributed by atoms with Crippen molar-refractivity contribution in [1.29, 1.82) is 0 Å². The summed E-state index contributed by atoms with van der Waals surface area (Å²) in [6, 6.07) is 4.56. The molecule has 148 valence electrons. The number of fused-ring (bicyclic) bond motifs is 2. The zero-order valence-corrected chi connectivity index (χ0v) is 16.1. The summed E-state index contributed by atoms with van der Waals surface area (Å²) < 4.78 is 1.89. The third-order valence-electron chi connectivity index (χ3n) is 5.50. The van der Waals surface area contributed by atoms with E-state index >= 15 is 0 Å².